The molecule has 0 saturated carbocycles. The lowest BCUT2D eigenvalue weighted by molar-refractivity contribution is 1.11. The van der Waals surface area contributed by atoms with Crippen LogP contribution < -0.4 is 10.6 Å². The summed E-state index contributed by atoms with van der Waals surface area (Å²) in [5.74, 6) is 1.15. The summed E-state index contributed by atoms with van der Waals surface area (Å²) in [6, 6.07) is 19.4. The molecule has 0 saturated heterocycles. The van der Waals surface area contributed by atoms with Crippen LogP contribution in [0, 0.1) is 25.2 Å². The van der Waals surface area contributed by atoms with Crippen LogP contribution in [0.25, 0.3) is 0 Å². The third kappa shape index (κ3) is 3.68. The van der Waals surface area contributed by atoms with Crippen molar-refractivity contribution in [2.24, 2.45) is 0 Å². The smallest absolute Gasteiger partial charge is 0.229 e. The van der Waals surface area contributed by atoms with E-state index in [1.807, 2.05) is 56.3 Å². The maximum absolute atomic E-state index is 9.18. The van der Waals surface area contributed by atoms with Crippen LogP contribution in [-0.4, -0.2) is 9.97 Å². The van der Waals surface area contributed by atoms with Crippen molar-refractivity contribution in [3.05, 3.63) is 71.4 Å². The molecule has 3 aromatic rings. The highest BCUT2D eigenvalue weighted by Gasteiger charge is 2.06. The van der Waals surface area contributed by atoms with E-state index in [0.717, 1.165) is 11.4 Å². The van der Waals surface area contributed by atoms with Gasteiger partial charge in [0, 0.05) is 17.4 Å². The second-order valence-electron chi connectivity index (χ2n) is 5.50. The Hall–Kier alpha value is -3.39. The average molecular weight is 315 g/mol. The maximum Gasteiger partial charge on any atom is 0.229 e. The van der Waals surface area contributed by atoms with E-state index in [0.29, 0.717) is 23.0 Å². The second-order valence-corrected chi connectivity index (χ2v) is 5.50. The Morgan fingerprint density at radius 2 is 1.75 bits per heavy atom. The van der Waals surface area contributed by atoms with Crippen LogP contribution in [0.15, 0.2) is 54.6 Å². The lowest BCUT2D eigenvalue weighted by Gasteiger charge is -2.11. The predicted octanol–water partition coefficient (Wildman–Crippen LogP) is 4.45. The molecule has 0 aliphatic rings. The minimum atomic E-state index is 0.452. The molecule has 0 bridgehead atoms. The molecule has 0 amide bonds. The molecule has 1 heterocycles. The standard InChI is InChI=1S/C19H17N5/c1-13-6-5-8-16(10-13)22-18-11-14(2)21-19(24-18)23-17-9-4-3-7-15(17)12-20/h3-11H,1-2H3,(H2,21,22,23,24). The largest absolute Gasteiger partial charge is 0.340 e. The maximum atomic E-state index is 9.18. The van der Waals surface area contributed by atoms with Gasteiger partial charge in [-0.05, 0) is 43.7 Å². The molecule has 3 rings (SSSR count). The van der Waals surface area contributed by atoms with Crippen molar-refractivity contribution >= 4 is 23.1 Å². The van der Waals surface area contributed by atoms with Crippen molar-refractivity contribution in [2.75, 3.05) is 10.6 Å². The molecule has 0 aliphatic carbocycles. The minimum Gasteiger partial charge on any atom is -0.340 e. The number of hydrogen-bond acceptors (Lipinski definition) is 5. The monoisotopic (exact) mass is 315 g/mol. The summed E-state index contributed by atoms with van der Waals surface area (Å²) in [7, 11) is 0. The number of hydrogen-bond donors (Lipinski definition) is 2. The normalized spacial score (nSPS) is 10.0. The van der Waals surface area contributed by atoms with Gasteiger partial charge in [0.1, 0.15) is 11.9 Å². The molecular formula is C19H17N5. The highest BCUT2D eigenvalue weighted by Crippen LogP contribution is 2.21. The van der Waals surface area contributed by atoms with E-state index in [2.05, 4.69) is 32.7 Å². The average Bonchev–Trinajstić information content (AvgIpc) is 2.55. The second kappa shape index (κ2) is 6.80. The summed E-state index contributed by atoms with van der Waals surface area (Å²) < 4.78 is 0. The molecule has 0 atom stereocenters. The van der Waals surface area contributed by atoms with E-state index in [1.165, 1.54) is 5.56 Å². The van der Waals surface area contributed by atoms with Crippen molar-refractivity contribution in [1.82, 2.24) is 9.97 Å². The Balaban J connectivity index is 1.88. The van der Waals surface area contributed by atoms with Gasteiger partial charge in [0.05, 0.1) is 11.3 Å². The summed E-state index contributed by atoms with van der Waals surface area (Å²) in [6.45, 7) is 3.95. The molecule has 2 N–H and O–H groups in total. The summed E-state index contributed by atoms with van der Waals surface area (Å²) in [5.41, 5.74) is 4.21. The number of nitrogens with one attached hydrogen (secondary N) is 2. The zero-order valence-electron chi connectivity index (χ0n) is 13.5. The van der Waals surface area contributed by atoms with Crippen molar-refractivity contribution < 1.29 is 0 Å². The summed E-state index contributed by atoms with van der Waals surface area (Å²) in [6.07, 6.45) is 0. The van der Waals surface area contributed by atoms with E-state index in [1.54, 1.807) is 6.07 Å². The van der Waals surface area contributed by atoms with Crippen LogP contribution in [-0.2, 0) is 0 Å². The molecule has 0 spiro atoms. The van der Waals surface area contributed by atoms with Crippen LogP contribution in [0.5, 0.6) is 0 Å². The zero-order chi connectivity index (χ0) is 16.9. The zero-order valence-corrected chi connectivity index (χ0v) is 13.5. The molecule has 5 heteroatoms. The quantitative estimate of drug-likeness (QED) is 0.744. The number of aryl methyl sites for hydroxylation is 2. The molecule has 1 aromatic heterocycles. The fourth-order valence-corrected chi connectivity index (χ4v) is 2.37. The topological polar surface area (TPSA) is 73.6 Å². The van der Waals surface area contributed by atoms with Gasteiger partial charge in [0.2, 0.25) is 5.95 Å². The predicted molar refractivity (Wildman–Crippen MR) is 95.7 cm³/mol. The molecule has 0 fully saturated rings. The van der Waals surface area contributed by atoms with Crippen LogP contribution in [0.2, 0.25) is 0 Å². The van der Waals surface area contributed by atoms with E-state index in [9.17, 15) is 5.26 Å². The first kappa shape index (κ1) is 15.5. The Bertz CT molecular complexity index is 912. The number of rotatable bonds is 4. The Labute approximate surface area is 141 Å². The Morgan fingerprint density at radius 1 is 0.917 bits per heavy atom. The first-order valence-electron chi connectivity index (χ1n) is 7.59. The van der Waals surface area contributed by atoms with E-state index in [4.69, 9.17) is 0 Å². The van der Waals surface area contributed by atoms with Crippen molar-refractivity contribution in [1.29, 1.82) is 5.26 Å². The van der Waals surface area contributed by atoms with Crippen LogP contribution in [0.3, 0.4) is 0 Å². The first-order valence-corrected chi connectivity index (χ1v) is 7.59. The molecule has 118 valence electrons. The molecule has 0 radical (unpaired) electrons. The van der Waals surface area contributed by atoms with Gasteiger partial charge in [0.25, 0.3) is 0 Å². The first-order chi connectivity index (χ1) is 11.6. The summed E-state index contributed by atoms with van der Waals surface area (Å²) in [4.78, 5) is 8.88. The molecule has 5 nitrogen and oxygen atoms in total. The van der Waals surface area contributed by atoms with Crippen LogP contribution in [0.4, 0.5) is 23.1 Å². The van der Waals surface area contributed by atoms with Crippen molar-refractivity contribution in [3.63, 3.8) is 0 Å². The van der Waals surface area contributed by atoms with Gasteiger partial charge in [-0.1, -0.05) is 24.3 Å². The van der Waals surface area contributed by atoms with Crippen LogP contribution in [0.1, 0.15) is 16.8 Å². The van der Waals surface area contributed by atoms with Crippen molar-refractivity contribution in [2.45, 2.75) is 13.8 Å². The summed E-state index contributed by atoms with van der Waals surface area (Å²) >= 11 is 0. The van der Waals surface area contributed by atoms with Gasteiger partial charge in [-0.25, -0.2) is 4.98 Å². The van der Waals surface area contributed by atoms with Crippen molar-refractivity contribution in [3.8, 4) is 6.07 Å². The fourth-order valence-electron chi connectivity index (χ4n) is 2.37. The van der Waals surface area contributed by atoms with E-state index in [-0.39, 0.29) is 0 Å². The van der Waals surface area contributed by atoms with Gasteiger partial charge in [-0.3, -0.25) is 0 Å². The Morgan fingerprint density at radius 3 is 2.54 bits per heavy atom. The number of para-hydroxylation sites is 1. The van der Waals surface area contributed by atoms with Gasteiger partial charge < -0.3 is 10.6 Å². The fraction of sp³-hybridized carbons (Fsp3) is 0.105. The van der Waals surface area contributed by atoms with E-state index >= 15 is 0 Å². The lowest BCUT2D eigenvalue weighted by atomic mass is 10.2. The molecule has 0 aliphatic heterocycles. The number of nitriles is 1. The molecule has 24 heavy (non-hydrogen) atoms. The molecule has 2 aromatic carbocycles. The number of nitrogens with zero attached hydrogens (tertiary/aromatic N) is 3. The van der Waals surface area contributed by atoms with Gasteiger partial charge >= 0.3 is 0 Å². The number of aromatic nitrogens is 2. The summed E-state index contributed by atoms with van der Waals surface area (Å²) in [5, 5.41) is 15.6. The molecular weight excluding hydrogens is 298 g/mol. The van der Waals surface area contributed by atoms with Gasteiger partial charge in [-0.15, -0.1) is 0 Å². The Kier molecular flexibility index (Phi) is 4.39. The third-order valence-corrected chi connectivity index (χ3v) is 3.44. The third-order valence-electron chi connectivity index (χ3n) is 3.44. The van der Waals surface area contributed by atoms with Crippen LogP contribution >= 0.6 is 0 Å². The number of anilines is 4. The van der Waals surface area contributed by atoms with Gasteiger partial charge in [-0.2, -0.15) is 10.2 Å². The van der Waals surface area contributed by atoms with Gasteiger partial charge in [0.15, 0.2) is 0 Å². The SMILES string of the molecule is Cc1cccc(Nc2cc(C)nc(Nc3ccccc3C#N)n2)c1. The highest BCUT2D eigenvalue weighted by atomic mass is 15.1. The molecule has 0 unspecified atom stereocenters. The minimum absolute atomic E-state index is 0.452. The lowest BCUT2D eigenvalue weighted by Crippen LogP contribution is -2.03. The number of benzene rings is 2. The highest BCUT2D eigenvalue weighted by molar-refractivity contribution is 5.64. The van der Waals surface area contributed by atoms with E-state index < -0.39 is 0 Å².